The average Bonchev–Trinajstić information content (AvgIpc) is 1.96. The van der Waals surface area contributed by atoms with E-state index in [0.29, 0.717) is 0 Å². The number of halogens is 2. The van der Waals surface area contributed by atoms with Crippen molar-refractivity contribution in [1.82, 2.24) is 4.98 Å². The Kier molecular flexibility index (Phi) is 2.75. The van der Waals surface area contributed by atoms with E-state index in [1.165, 1.54) is 13.1 Å². The van der Waals surface area contributed by atoms with E-state index >= 15 is 0 Å². The molecule has 0 aromatic carbocycles. The number of carbonyl (C=O) groups excluding carboxylic acids is 1. The molecule has 0 saturated carbocycles. The van der Waals surface area contributed by atoms with E-state index in [4.69, 9.17) is 0 Å². The van der Waals surface area contributed by atoms with E-state index in [1.54, 1.807) is 0 Å². The van der Waals surface area contributed by atoms with Gasteiger partial charge in [-0.3, -0.25) is 4.79 Å². The molecule has 0 atom stereocenters. The Morgan fingerprint density at radius 1 is 1.75 bits per heavy atom. The molecule has 0 saturated heterocycles. The zero-order chi connectivity index (χ0) is 9.14. The summed E-state index contributed by atoms with van der Waals surface area (Å²) < 4.78 is 13.1. The maximum atomic E-state index is 12.8. The summed E-state index contributed by atoms with van der Waals surface area (Å²) in [5.41, 5.74) is 0. The van der Waals surface area contributed by atoms with Crippen LogP contribution in [0.15, 0.2) is 16.7 Å². The number of hydrogen-bond donors (Lipinski definition) is 1. The SMILES string of the molecule is CC(=O)Nc1cc(F)c(Br)cn1. The predicted molar refractivity (Wildman–Crippen MR) is 46.2 cm³/mol. The highest BCUT2D eigenvalue weighted by molar-refractivity contribution is 9.10. The van der Waals surface area contributed by atoms with Crippen LogP contribution in [0.3, 0.4) is 0 Å². The zero-order valence-corrected chi connectivity index (χ0v) is 7.85. The Morgan fingerprint density at radius 3 is 2.92 bits per heavy atom. The quantitative estimate of drug-likeness (QED) is 0.805. The Hall–Kier alpha value is -0.970. The maximum absolute atomic E-state index is 12.8. The smallest absolute Gasteiger partial charge is 0.222 e. The van der Waals surface area contributed by atoms with Gasteiger partial charge in [-0.15, -0.1) is 0 Å². The number of anilines is 1. The summed E-state index contributed by atoms with van der Waals surface area (Å²) in [7, 11) is 0. The number of nitrogens with zero attached hydrogens (tertiary/aromatic N) is 1. The normalized spacial score (nSPS) is 9.58. The lowest BCUT2D eigenvalue weighted by Gasteiger charge is -2.00. The van der Waals surface area contributed by atoms with Gasteiger partial charge in [0.05, 0.1) is 4.47 Å². The first-order valence-corrected chi connectivity index (χ1v) is 3.97. The number of amides is 1. The molecule has 1 N–H and O–H groups in total. The number of nitrogens with one attached hydrogen (secondary N) is 1. The Bertz CT molecular complexity index is 316. The molecule has 5 heteroatoms. The van der Waals surface area contributed by atoms with Crippen LogP contribution in [0, 0.1) is 5.82 Å². The van der Waals surface area contributed by atoms with Crippen LogP contribution in [-0.2, 0) is 4.79 Å². The molecule has 1 aromatic heterocycles. The van der Waals surface area contributed by atoms with Crippen molar-refractivity contribution in [1.29, 1.82) is 0 Å². The van der Waals surface area contributed by atoms with Crippen LogP contribution in [0.2, 0.25) is 0 Å². The van der Waals surface area contributed by atoms with E-state index in [9.17, 15) is 9.18 Å². The van der Waals surface area contributed by atoms with E-state index in [-0.39, 0.29) is 16.2 Å². The third-order valence-electron chi connectivity index (χ3n) is 1.11. The molecule has 0 aliphatic carbocycles. The van der Waals surface area contributed by atoms with E-state index in [1.807, 2.05) is 0 Å². The standard InChI is InChI=1S/C7H6BrFN2O/c1-4(12)11-7-2-6(9)5(8)3-10-7/h2-3H,1H3,(H,10,11,12). The van der Waals surface area contributed by atoms with Crippen molar-refractivity contribution < 1.29 is 9.18 Å². The minimum absolute atomic E-state index is 0.211. The van der Waals surface area contributed by atoms with Crippen molar-refractivity contribution >= 4 is 27.7 Å². The Labute approximate surface area is 77.1 Å². The van der Waals surface area contributed by atoms with Gasteiger partial charge in [0.25, 0.3) is 0 Å². The summed E-state index contributed by atoms with van der Waals surface area (Å²) in [5.74, 6) is -0.513. The van der Waals surface area contributed by atoms with Gasteiger partial charge in [-0.05, 0) is 15.9 Å². The van der Waals surface area contributed by atoms with Gasteiger partial charge in [0, 0.05) is 19.2 Å². The van der Waals surface area contributed by atoms with Crippen molar-refractivity contribution in [2.24, 2.45) is 0 Å². The summed E-state index contributed by atoms with van der Waals surface area (Å²) >= 11 is 2.95. The summed E-state index contributed by atoms with van der Waals surface area (Å²) in [6, 6.07) is 1.14. The number of carbonyl (C=O) groups is 1. The van der Waals surface area contributed by atoms with Crippen LogP contribution in [0.25, 0.3) is 0 Å². The second-order valence-electron chi connectivity index (χ2n) is 2.16. The number of pyridine rings is 1. The fraction of sp³-hybridized carbons (Fsp3) is 0.143. The highest BCUT2D eigenvalue weighted by atomic mass is 79.9. The minimum Gasteiger partial charge on any atom is -0.311 e. The largest absolute Gasteiger partial charge is 0.311 e. The fourth-order valence-corrected chi connectivity index (χ4v) is 0.880. The molecular weight excluding hydrogens is 227 g/mol. The lowest BCUT2D eigenvalue weighted by atomic mass is 10.4. The van der Waals surface area contributed by atoms with Crippen molar-refractivity contribution in [3.8, 4) is 0 Å². The van der Waals surface area contributed by atoms with Crippen molar-refractivity contribution in [2.45, 2.75) is 6.92 Å². The van der Waals surface area contributed by atoms with Crippen molar-refractivity contribution in [2.75, 3.05) is 5.32 Å². The summed E-state index contributed by atoms with van der Waals surface area (Å²) in [6.07, 6.45) is 1.29. The van der Waals surface area contributed by atoms with Gasteiger partial charge < -0.3 is 5.32 Å². The Morgan fingerprint density at radius 2 is 2.42 bits per heavy atom. The number of hydrogen-bond acceptors (Lipinski definition) is 2. The molecule has 0 fully saturated rings. The summed E-state index contributed by atoms with van der Waals surface area (Å²) in [5, 5.41) is 2.36. The summed E-state index contributed by atoms with van der Waals surface area (Å²) in [6.45, 7) is 1.33. The van der Waals surface area contributed by atoms with Gasteiger partial charge in [0.2, 0.25) is 5.91 Å². The molecular formula is C7H6BrFN2O. The highest BCUT2D eigenvalue weighted by Gasteiger charge is 2.02. The molecule has 0 aliphatic rings. The number of rotatable bonds is 1. The molecule has 1 amide bonds. The van der Waals surface area contributed by atoms with Crippen molar-refractivity contribution in [3.63, 3.8) is 0 Å². The molecule has 1 rings (SSSR count). The van der Waals surface area contributed by atoms with Crippen LogP contribution in [0.1, 0.15) is 6.92 Å². The van der Waals surface area contributed by atoms with Crippen LogP contribution >= 0.6 is 15.9 Å². The van der Waals surface area contributed by atoms with Crippen LogP contribution < -0.4 is 5.32 Å². The minimum atomic E-state index is -0.450. The van der Waals surface area contributed by atoms with Gasteiger partial charge in [0.15, 0.2) is 0 Å². The first-order chi connectivity index (χ1) is 5.59. The molecule has 1 heterocycles. The van der Waals surface area contributed by atoms with Gasteiger partial charge in [-0.2, -0.15) is 0 Å². The molecule has 0 radical (unpaired) electrons. The monoisotopic (exact) mass is 232 g/mol. The molecule has 3 nitrogen and oxygen atoms in total. The highest BCUT2D eigenvalue weighted by Crippen LogP contribution is 2.16. The third-order valence-corrected chi connectivity index (χ3v) is 1.70. The van der Waals surface area contributed by atoms with Crippen molar-refractivity contribution in [3.05, 3.63) is 22.6 Å². The summed E-state index contributed by atoms with van der Waals surface area (Å²) in [4.78, 5) is 14.3. The van der Waals surface area contributed by atoms with Gasteiger partial charge in [0.1, 0.15) is 11.6 Å². The molecule has 0 unspecified atom stereocenters. The molecule has 0 aliphatic heterocycles. The van der Waals surface area contributed by atoms with E-state index < -0.39 is 5.82 Å². The molecule has 0 bridgehead atoms. The second-order valence-corrected chi connectivity index (χ2v) is 3.02. The van der Waals surface area contributed by atoms with E-state index in [0.717, 1.165) is 6.07 Å². The predicted octanol–water partition coefficient (Wildman–Crippen LogP) is 1.94. The molecule has 1 aromatic rings. The van der Waals surface area contributed by atoms with E-state index in [2.05, 4.69) is 26.2 Å². The molecule has 0 spiro atoms. The Balaban J connectivity index is 2.89. The van der Waals surface area contributed by atoms with Gasteiger partial charge in [-0.25, -0.2) is 9.37 Å². The lowest BCUT2D eigenvalue weighted by molar-refractivity contribution is -0.114. The maximum Gasteiger partial charge on any atom is 0.222 e. The third kappa shape index (κ3) is 2.27. The number of aromatic nitrogens is 1. The molecule has 64 valence electrons. The average molecular weight is 233 g/mol. The fourth-order valence-electron chi connectivity index (χ4n) is 0.663. The topological polar surface area (TPSA) is 42.0 Å². The van der Waals surface area contributed by atoms with Gasteiger partial charge in [-0.1, -0.05) is 0 Å². The van der Waals surface area contributed by atoms with Crippen LogP contribution in [0.5, 0.6) is 0 Å². The molecule has 12 heavy (non-hydrogen) atoms. The second kappa shape index (κ2) is 3.62. The van der Waals surface area contributed by atoms with Gasteiger partial charge >= 0.3 is 0 Å². The first kappa shape index (κ1) is 9.12. The van der Waals surface area contributed by atoms with Crippen LogP contribution in [-0.4, -0.2) is 10.9 Å². The first-order valence-electron chi connectivity index (χ1n) is 3.18. The van der Waals surface area contributed by atoms with Crippen LogP contribution in [0.4, 0.5) is 10.2 Å². The lowest BCUT2D eigenvalue weighted by Crippen LogP contribution is -2.07. The zero-order valence-electron chi connectivity index (χ0n) is 6.27.